The number of hydrogen-bond acceptors (Lipinski definition) is 4. The minimum atomic E-state index is -0.400. The number of esters is 1. The first-order valence-corrected chi connectivity index (χ1v) is 11.9. The highest BCUT2D eigenvalue weighted by atomic mass is 16.6. The van der Waals surface area contributed by atoms with Gasteiger partial charge in [-0.2, -0.15) is 0 Å². The summed E-state index contributed by atoms with van der Waals surface area (Å²) in [6.45, 7) is 7.70. The number of hydrogen-bond donors (Lipinski definition) is 0. The van der Waals surface area contributed by atoms with Crippen LogP contribution in [0, 0.1) is 0 Å². The van der Waals surface area contributed by atoms with Crippen molar-refractivity contribution in [2.75, 3.05) is 13.2 Å². The Bertz CT molecular complexity index is 993. The molecule has 0 amide bonds. The fourth-order valence-electron chi connectivity index (χ4n) is 3.48. The predicted molar refractivity (Wildman–Crippen MR) is 133 cm³/mol. The molecule has 1 atom stereocenters. The minimum absolute atomic E-state index is 0.0784. The first-order valence-electron chi connectivity index (χ1n) is 11.9. The van der Waals surface area contributed by atoms with E-state index in [1.807, 2.05) is 30.3 Å². The van der Waals surface area contributed by atoms with Crippen molar-refractivity contribution in [2.24, 2.45) is 0 Å². The van der Waals surface area contributed by atoms with E-state index in [1.165, 1.54) is 0 Å². The molecule has 0 N–H and O–H groups in total. The number of benzene rings is 3. The maximum atomic E-state index is 12.7. The van der Waals surface area contributed by atoms with Crippen molar-refractivity contribution < 1.29 is 19.0 Å². The summed E-state index contributed by atoms with van der Waals surface area (Å²) in [6.07, 6.45) is 4.31. The van der Waals surface area contributed by atoms with Gasteiger partial charge in [-0.25, -0.2) is 4.79 Å². The van der Waals surface area contributed by atoms with Gasteiger partial charge in [-0.1, -0.05) is 75.2 Å². The normalized spacial score (nSPS) is 11.7. The lowest BCUT2D eigenvalue weighted by Crippen LogP contribution is -2.09. The zero-order valence-corrected chi connectivity index (χ0v) is 19.9. The molecule has 33 heavy (non-hydrogen) atoms. The van der Waals surface area contributed by atoms with Gasteiger partial charge >= 0.3 is 5.97 Å². The summed E-state index contributed by atoms with van der Waals surface area (Å²) >= 11 is 0. The Balaban J connectivity index is 1.63. The molecule has 0 fully saturated rings. The van der Waals surface area contributed by atoms with E-state index in [0.717, 1.165) is 49.0 Å². The summed E-state index contributed by atoms with van der Waals surface area (Å²) in [5, 5.41) is 0. The van der Waals surface area contributed by atoms with Crippen molar-refractivity contribution in [3.8, 4) is 22.6 Å². The third-order valence-electron chi connectivity index (χ3n) is 5.46. The van der Waals surface area contributed by atoms with Crippen LogP contribution in [0.5, 0.6) is 11.5 Å². The topological polar surface area (TPSA) is 44.8 Å². The Morgan fingerprint density at radius 1 is 0.758 bits per heavy atom. The average molecular weight is 447 g/mol. The molecule has 1 unspecified atom stereocenters. The molecule has 0 saturated carbocycles. The van der Waals surface area contributed by atoms with E-state index in [9.17, 15) is 4.79 Å². The predicted octanol–water partition coefficient (Wildman–Crippen LogP) is 7.63. The number of ether oxygens (including phenoxy) is 3. The van der Waals surface area contributed by atoms with Gasteiger partial charge in [0, 0.05) is 6.61 Å². The second kappa shape index (κ2) is 12.8. The fraction of sp³-hybridized carbons (Fsp3) is 0.345. The van der Waals surface area contributed by atoms with Gasteiger partial charge in [0.25, 0.3) is 0 Å². The van der Waals surface area contributed by atoms with Crippen molar-refractivity contribution in [1.29, 1.82) is 0 Å². The molecular weight excluding hydrogens is 412 g/mol. The van der Waals surface area contributed by atoms with Crippen LogP contribution in [0.1, 0.15) is 68.5 Å². The van der Waals surface area contributed by atoms with Gasteiger partial charge < -0.3 is 14.2 Å². The van der Waals surface area contributed by atoms with E-state index in [4.69, 9.17) is 14.2 Å². The first-order chi connectivity index (χ1) is 16.1. The molecular formula is C29H34O4. The Hall–Kier alpha value is -3.11. The standard InChI is InChI=1S/C29H34O4/c1-4-6-9-21-32-27-10-7-8-11-28(27)33-29(30)26-18-16-25(17-19-26)24-14-12-23(13-15-24)22(3)31-20-5-2/h7-8,10-19,22H,4-6,9,20-21H2,1-3H3. The van der Waals surface area contributed by atoms with E-state index in [-0.39, 0.29) is 6.10 Å². The smallest absolute Gasteiger partial charge is 0.343 e. The van der Waals surface area contributed by atoms with E-state index < -0.39 is 5.97 Å². The quantitative estimate of drug-likeness (QED) is 0.163. The van der Waals surface area contributed by atoms with Crippen molar-refractivity contribution in [1.82, 2.24) is 0 Å². The minimum Gasteiger partial charge on any atom is -0.490 e. The molecule has 0 aliphatic carbocycles. The first kappa shape index (κ1) is 24.5. The van der Waals surface area contributed by atoms with E-state index in [0.29, 0.717) is 23.7 Å². The van der Waals surface area contributed by atoms with Crippen LogP contribution in [-0.2, 0) is 4.74 Å². The van der Waals surface area contributed by atoms with Crippen molar-refractivity contribution >= 4 is 5.97 Å². The summed E-state index contributed by atoms with van der Waals surface area (Å²) in [5.74, 6) is 0.636. The third kappa shape index (κ3) is 7.19. The molecule has 0 heterocycles. The molecule has 174 valence electrons. The second-order valence-electron chi connectivity index (χ2n) is 8.10. The molecule has 3 rings (SSSR count). The van der Waals surface area contributed by atoms with Gasteiger partial charge in [0.1, 0.15) is 0 Å². The molecule has 3 aromatic rings. The van der Waals surface area contributed by atoms with Crippen molar-refractivity contribution in [3.63, 3.8) is 0 Å². The highest BCUT2D eigenvalue weighted by molar-refractivity contribution is 5.92. The summed E-state index contributed by atoms with van der Waals surface area (Å²) in [6, 6.07) is 23.1. The molecule has 4 heteroatoms. The molecule has 0 aliphatic rings. The number of carbonyl (C=O) groups is 1. The van der Waals surface area contributed by atoms with Crippen molar-refractivity contribution in [3.05, 3.63) is 83.9 Å². The Morgan fingerprint density at radius 2 is 1.39 bits per heavy atom. The fourth-order valence-corrected chi connectivity index (χ4v) is 3.48. The lowest BCUT2D eigenvalue weighted by molar-refractivity contribution is 0.0662. The van der Waals surface area contributed by atoms with Crippen LogP contribution in [0.25, 0.3) is 11.1 Å². The van der Waals surface area contributed by atoms with E-state index >= 15 is 0 Å². The van der Waals surface area contributed by atoms with Gasteiger partial charge in [0.05, 0.1) is 18.3 Å². The lowest BCUT2D eigenvalue weighted by atomic mass is 10.0. The molecule has 0 spiro atoms. The number of carbonyl (C=O) groups excluding carboxylic acids is 1. The number of rotatable bonds is 12. The van der Waals surface area contributed by atoms with E-state index in [2.05, 4.69) is 45.0 Å². The zero-order chi connectivity index (χ0) is 23.5. The number of para-hydroxylation sites is 2. The van der Waals surface area contributed by atoms with Gasteiger partial charge in [-0.3, -0.25) is 0 Å². The molecule has 0 aromatic heterocycles. The molecule has 4 nitrogen and oxygen atoms in total. The van der Waals surface area contributed by atoms with Crippen LogP contribution in [0.3, 0.4) is 0 Å². The van der Waals surface area contributed by atoms with Crippen LogP contribution in [0.4, 0.5) is 0 Å². The van der Waals surface area contributed by atoms with Gasteiger partial charge in [0.2, 0.25) is 0 Å². The molecule has 0 radical (unpaired) electrons. The molecule has 0 aliphatic heterocycles. The maximum Gasteiger partial charge on any atom is 0.343 e. The highest BCUT2D eigenvalue weighted by Crippen LogP contribution is 2.28. The van der Waals surface area contributed by atoms with Crippen molar-refractivity contribution in [2.45, 2.75) is 52.6 Å². The molecule has 0 bridgehead atoms. The molecule has 3 aromatic carbocycles. The maximum absolute atomic E-state index is 12.7. The van der Waals surface area contributed by atoms with Crippen LogP contribution in [-0.4, -0.2) is 19.2 Å². The summed E-state index contributed by atoms with van der Waals surface area (Å²) < 4.78 is 17.2. The van der Waals surface area contributed by atoms with Gasteiger partial charge in [-0.05, 0) is 60.7 Å². The zero-order valence-electron chi connectivity index (χ0n) is 19.9. The van der Waals surface area contributed by atoms with Crippen LogP contribution < -0.4 is 9.47 Å². The lowest BCUT2D eigenvalue weighted by Gasteiger charge is -2.13. The second-order valence-corrected chi connectivity index (χ2v) is 8.10. The number of unbranched alkanes of at least 4 members (excludes halogenated alkanes) is 2. The Kier molecular flexibility index (Phi) is 9.52. The summed E-state index contributed by atoms with van der Waals surface area (Å²) in [5.41, 5.74) is 3.78. The largest absolute Gasteiger partial charge is 0.490 e. The third-order valence-corrected chi connectivity index (χ3v) is 5.46. The monoisotopic (exact) mass is 446 g/mol. The highest BCUT2D eigenvalue weighted by Gasteiger charge is 2.13. The SMILES string of the molecule is CCCCCOc1ccccc1OC(=O)c1ccc(-c2ccc(C(C)OCCC)cc2)cc1. The average Bonchev–Trinajstić information content (AvgIpc) is 2.86. The summed E-state index contributed by atoms with van der Waals surface area (Å²) in [7, 11) is 0. The van der Waals surface area contributed by atoms with Crippen LogP contribution in [0.2, 0.25) is 0 Å². The van der Waals surface area contributed by atoms with Gasteiger partial charge in [0.15, 0.2) is 11.5 Å². The van der Waals surface area contributed by atoms with Crippen LogP contribution in [0.15, 0.2) is 72.8 Å². The Morgan fingerprint density at radius 3 is 2.03 bits per heavy atom. The molecule has 0 saturated heterocycles. The summed E-state index contributed by atoms with van der Waals surface area (Å²) in [4.78, 5) is 12.7. The van der Waals surface area contributed by atoms with E-state index in [1.54, 1.807) is 18.2 Å². The Labute approximate surface area is 197 Å². The van der Waals surface area contributed by atoms with Gasteiger partial charge in [-0.15, -0.1) is 0 Å². The van der Waals surface area contributed by atoms with Crippen LogP contribution >= 0.6 is 0 Å².